The number of carbonyl (C=O) groups is 1. The van der Waals surface area contributed by atoms with Crippen molar-refractivity contribution in [3.8, 4) is 29.1 Å². The molecule has 1 aliphatic rings. The van der Waals surface area contributed by atoms with Gasteiger partial charge in [0.25, 0.3) is 5.91 Å². The van der Waals surface area contributed by atoms with Crippen molar-refractivity contribution in [1.82, 2.24) is 0 Å². The number of amides is 1. The molecule has 0 spiro atoms. The Kier molecular flexibility index (Phi) is 5.49. The van der Waals surface area contributed by atoms with Gasteiger partial charge in [-0.3, -0.25) is 4.79 Å². The number of hydrogen-bond donors (Lipinski definition) is 2. The number of nitrogens with one attached hydrogen (secondary N) is 2. The molecule has 0 atom stereocenters. The number of para-hydroxylation sites is 1. The van der Waals surface area contributed by atoms with E-state index in [-0.39, 0.29) is 12.4 Å². The lowest BCUT2D eigenvalue weighted by atomic mass is 10.2. The van der Waals surface area contributed by atoms with E-state index in [9.17, 15) is 10.1 Å². The second-order valence-corrected chi connectivity index (χ2v) is 6.28. The SMILES string of the molecule is N#C/C(=C/Nc1ccc2c(c1)OCO2)C(=O)Nc1ccc(Oc2ccccc2)cc1. The number of nitrogens with zero attached hydrogens (tertiary/aromatic N) is 1. The molecule has 0 aliphatic carbocycles. The Bertz CT molecular complexity index is 1120. The van der Waals surface area contributed by atoms with Crippen LogP contribution in [0.25, 0.3) is 0 Å². The average molecular weight is 399 g/mol. The molecule has 1 amide bonds. The summed E-state index contributed by atoms with van der Waals surface area (Å²) in [5.41, 5.74) is 1.14. The molecular formula is C23H17N3O4. The predicted molar refractivity (Wildman–Crippen MR) is 111 cm³/mol. The number of fused-ring (bicyclic) bond motifs is 1. The van der Waals surface area contributed by atoms with Crippen LogP contribution in [0.3, 0.4) is 0 Å². The summed E-state index contributed by atoms with van der Waals surface area (Å²) in [5.74, 6) is 2.09. The van der Waals surface area contributed by atoms with E-state index in [2.05, 4.69) is 10.6 Å². The van der Waals surface area contributed by atoms with Crippen molar-refractivity contribution in [2.45, 2.75) is 0 Å². The topological polar surface area (TPSA) is 92.6 Å². The van der Waals surface area contributed by atoms with Crippen LogP contribution in [0.2, 0.25) is 0 Å². The van der Waals surface area contributed by atoms with Gasteiger partial charge in [-0.15, -0.1) is 0 Å². The lowest BCUT2D eigenvalue weighted by molar-refractivity contribution is -0.112. The third-order valence-corrected chi connectivity index (χ3v) is 4.21. The van der Waals surface area contributed by atoms with Crippen molar-refractivity contribution < 1.29 is 19.0 Å². The first-order chi connectivity index (χ1) is 14.7. The zero-order chi connectivity index (χ0) is 20.8. The number of carbonyl (C=O) groups excluding carboxylic acids is 1. The van der Waals surface area contributed by atoms with Crippen LogP contribution in [0.15, 0.2) is 84.6 Å². The summed E-state index contributed by atoms with van der Waals surface area (Å²) in [4.78, 5) is 12.4. The minimum atomic E-state index is -0.525. The van der Waals surface area contributed by atoms with Crippen LogP contribution in [0.4, 0.5) is 11.4 Å². The first-order valence-electron chi connectivity index (χ1n) is 9.12. The van der Waals surface area contributed by atoms with E-state index < -0.39 is 5.91 Å². The Morgan fingerprint density at radius 2 is 1.63 bits per heavy atom. The van der Waals surface area contributed by atoms with Crippen molar-refractivity contribution in [3.05, 3.63) is 84.6 Å². The summed E-state index contributed by atoms with van der Waals surface area (Å²) in [7, 11) is 0. The monoisotopic (exact) mass is 399 g/mol. The number of anilines is 2. The summed E-state index contributed by atoms with van der Waals surface area (Å²) in [6.07, 6.45) is 1.35. The van der Waals surface area contributed by atoms with Crippen molar-refractivity contribution >= 4 is 17.3 Å². The van der Waals surface area contributed by atoms with Gasteiger partial charge in [-0.25, -0.2) is 0 Å². The van der Waals surface area contributed by atoms with Gasteiger partial charge >= 0.3 is 0 Å². The zero-order valence-corrected chi connectivity index (χ0v) is 15.8. The van der Waals surface area contributed by atoms with Crippen LogP contribution in [0.1, 0.15) is 0 Å². The van der Waals surface area contributed by atoms with E-state index in [1.54, 1.807) is 42.5 Å². The first kappa shape index (κ1) is 18.9. The average Bonchev–Trinajstić information content (AvgIpc) is 3.24. The Morgan fingerprint density at radius 3 is 2.40 bits per heavy atom. The Labute approximate surface area is 173 Å². The normalized spacial score (nSPS) is 12.0. The molecule has 0 unspecified atom stereocenters. The van der Waals surface area contributed by atoms with Gasteiger partial charge in [0, 0.05) is 23.6 Å². The molecule has 7 nitrogen and oxygen atoms in total. The smallest absolute Gasteiger partial charge is 0.267 e. The van der Waals surface area contributed by atoms with Crippen LogP contribution in [0, 0.1) is 11.3 Å². The van der Waals surface area contributed by atoms with Gasteiger partial charge in [-0.05, 0) is 48.5 Å². The van der Waals surface area contributed by atoms with Gasteiger partial charge < -0.3 is 24.8 Å². The second kappa shape index (κ2) is 8.71. The lowest BCUT2D eigenvalue weighted by Crippen LogP contribution is -2.14. The summed E-state index contributed by atoms with van der Waals surface area (Å²) in [5, 5.41) is 15.0. The van der Waals surface area contributed by atoms with Gasteiger partial charge in [0.05, 0.1) is 0 Å². The Hall–Kier alpha value is -4.44. The van der Waals surface area contributed by atoms with E-state index in [0.717, 1.165) is 5.75 Å². The summed E-state index contributed by atoms with van der Waals surface area (Å²) in [6, 6.07) is 23.4. The van der Waals surface area contributed by atoms with E-state index in [0.29, 0.717) is 28.6 Å². The van der Waals surface area contributed by atoms with E-state index in [1.165, 1.54) is 6.20 Å². The number of nitriles is 1. The molecule has 30 heavy (non-hydrogen) atoms. The van der Waals surface area contributed by atoms with Gasteiger partial charge in [-0.1, -0.05) is 18.2 Å². The molecular weight excluding hydrogens is 382 g/mol. The maximum Gasteiger partial charge on any atom is 0.267 e. The highest BCUT2D eigenvalue weighted by atomic mass is 16.7. The molecule has 1 aliphatic heterocycles. The first-order valence-corrected chi connectivity index (χ1v) is 9.12. The summed E-state index contributed by atoms with van der Waals surface area (Å²) in [6.45, 7) is 0.176. The van der Waals surface area contributed by atoms with Crippen molar-refractivity contribution in [2.75, 3.05) is 17.4 Å². The molecule has 0 bridgehead atoms. The molecule has 4 rings (SSSR count). The number of hydrogen-bond acceptors (Lipinski definition) is 6. The molecule has 2 N–H and O–H groups in total. The van der Waals surface area contributed by atoms with Crippen LogP contribution in [-0.4, -0.2) is 12.7 Å². The standard InChI is InChI=1S/C23H17N3O4/c24-13-16(14-25-18-8-11-21-22(12-18)29-15-28-21)23(27)26-17-6-9-20(10-7-17)30-19-4-2-1-3-5-19/h1-12,14,25H,15H2,(H,26,27)/b16-14-. The maximum atomic E-state index is 12.4. The van der Waals surface area contributed by atoms with Gasteiger partial charge in [-0.2, -0.15) is 5.26 Å². The Morgan fingerprint density at radius 1 is 0.933 bits per heavy atom. The van der Waals surface area contributed by atoms with E-state index in [1.807, 2.05) is 36.4 Å². The third kappa shape index (κ3) is 4.51. The number of ether oxygens (including phenoxy) is 3. The summed E-state index contributed by atoms with van der Waals surface area (Å²) >= 11 is 0. The minimum Gasteiger partial charge on any atom is -0.457 e. The van der Waals surface area contributed by atoms with Gasteiger partial charge in [0.2, 0.25) is 6.79 Å². The molecule has 0 radical (unpaired) electrons. The molecule has 148 valence electrons. The predicted octanol–water partition coefficient (Wildman–Crippen LogP) is 4.67. The zero-order valence-electron chi connectivity index (χ0n) is 15.8. The number of rotatable bonds is 6. The highest BCUT2D eigenvalue weighted by Gasteiger charge is 2.14. The summed E-state index contributed by atoms with van der Waals surface area (Å²) < 4.78 is 16.3. The lowest BCUT2D eigenvalue weighted by Gasteiger charge is -2.08. The maximum absolute atomic E-state index is 12.4. The van der Waals surface area contributed by atoms with Crippen LogP contribution >= 0.6 is 0 Å². The molecule has 0 fully saturated rings. The minimum absolute atomic E-state index is 0.0720. The molecule has 1 heterocycles. The fraction of sp³-hybridized carbons (Fsp3) is 0.0435. The quantitative estimate of drug-likeness (QED) is 0.462. The van der Waals surface area contributed by atoms with Crippen LogP contribution in [-0.2, 0) is 4.79 Å². The third-order valence-electron chi connectivity index (χ3n) is 4.21. The molecule has 7 heteroatoms. The molecule has 0 saturated carbocycles. The van der Waals surface area contributed by atoms with Crippen molar-refractivity contribution in [3.63, 3.8) is 0 Å². The van der Waals surface area contributed by atoms with Gasteiger partial charge in [0.15, 0.2) is 11.5 Å². The Balaban J connectivity index is 1.38. The van der Waals surface area contributed by atoms with Crippen molar-refractivity contribution in [1.29, 1.82) is 5.26 Å². The molecule has 0 saturated heterocycles. The van der Waals surface area contributed by atoms with Crippen LogP contribution in [0.5, 0.6) is 23.0 Å². The molecule has 3 aromatic rings. The molecule has 3 aromatic carbocycles. The van der Waals surface area contributed by atoms with E-state index >= 15 is 0 Å². The fourth-order valence-electron chi connectivity index (χ4n) is 2.72. The number of benzene rings is 3. The van der Waals surface area contributed by atoms with Gasteiger partial charge in [0.1, 0.15) is 23.1 Å². The highest BCUT2D eigenvalue weighted by molar-refractivity contribution is 6.06. The van der Waals surface area contributed by atoms with Crippen molar-refractivity contribution in [2.24, 2.45) is 0 Å². The highest BCUT2D eigenvalue weighted by Crippen LogP contribution is 2.34. The fourth-order valence-corrected chi connectivity index (χ4v) is 2.72. The molecule has 0 aromatic heterocycles. The second-order valence-electron chi connectivity index (χ2n) is 6.28. The van der Waals surface area contributed by atoms with E-state index in [4.69, 9.17) is 14.2 Å². The largest absolute Gasteiger partial charge is 0.457 e. The van der Waals surface area contributed by atoms with Crippen LogP contribution < -0.4 is 24.8 Å².